The summed E-state index contributed by atoms with van der Waals surface area (Å²) in [5.41, 5.74) is 6.17. The molecule has 17 heavy (non-hydrogen) atoms. The standard InChI is InChI=1S/C11H18N2O3S/c1-13(2)17(14,15)11-5-4-10(16-3)8-9(11)6-7-12/h4-5,8H,6-7,12H2,1-3H3. The Morgan fingerprint density at radius 1 is 1.35 bits per heavy atom. The lowest BCUT2D eigenvalue weighted by Gasteiger charge is -2.15. The number of hydrogen-bond acceptors (Lipinski definition) is 4. The molecule has 5 nitrogen and oxygen atoms in total. The van der Waals surface area contributed by atoms with Gasteiger partial charge in [0.15, 0.2) is 0 Å². The first-order chi connectivity index (χ1) is 7.93. The van der Waals surface area contributed by atoms with Crippen LogP contribution in [0.15, 0.2) is 23.1 Å². The van der Waals surface area contributed by atoms with Gasteiger partial charge in [0.2, 0.25) is 10.0 Å². The molecule has 2 N–H and O–H groups in total. The Kier molecular flexibility index (Phi) is 4.50. The fourth-order valence-corrected chi connectivity index (χ4v) is 2.61. The summed E-state index contributed by atoms with van der Waals surface area (Å²) in [6.07, 6.45) is 0.500. The van der Waals surface area contributed by atoms with Crippen molar-refractivity contribution < 1.29 is 13.2 Å². The van der Waals surface area contributed by atoms with Gasteiger partial charge in [0, 0.05) is 14.1 Å². The Labute approximate surface area is 102 Å². The molecular weight excluding hydrogens is 240 g/mol. The second-order valence-corrected chi connectivity index (χ2v) is 5.92. The molecule has 0 heterocycles. The summed E-state index contributed by atoms with van der Waals surface area (Å²) in [5.74, 6) is 0.631. The molecular formula is C11H18N2O3S. The van der Waals surface area contributed by atoms with Crippen LogP contribution in [0.3, 0.4) is 0 Å². The molecule has 0 fully saturated rings. The molecule has 0 amide bonds. The van der Waals surface area contributed by atoms with Crippen molar-refractivity contribution in [2.75, 3.05) is 27.7 Å². The van der Waals surface area contributed by atoms with Crippen LogP contribution < -0.4 is 10.5 Å². The molecule has 0 radical (unpaired) electrons. The topological polar surface area (TPSA) is 72.6 Å². The van der Waals surface area contributed by atoms with E-state index in [-0.39, 0.29) is 4.90 Å². The van der Waals surface area contributed by atoms with Crippen LogP contribution in [0.1, 0.15) is 5.56 Å². The number of nitrogens with zero attached hydrogens (tertiary/aromatic N) is 1. The van der Waals surface area contributed by atoms with E-state index in [4.69, 9.17) is 10.5 Å². The highest BCUT2D eigenvalue weighted by molar-refractivity contribution is 7.89. The smallest absolute Gasteiger partial charge is 0.242 e. The van der Waals surface area contributed by atoms with Gasteiger partial charge in [0.1, 0.15) is 5.75 Å². The predicted molar refractivity (Wildman–Crippen MR) is 66.6 cm³/mol. The quantitative estimate of drug-likeness (QED) is 0.832. The van der Waals surface area contributed by atoms with Crippen molar-refractivity contribution in [2.24, 2.45) is 5.73 Å². The minimum absolute atomic E-state index is 0.286. The van der Waals surface area contributed by atoms with E-state index in [2.05, 4.69) is 0 Å². The number of nitrogens with two attached hydrogens (primary N) is 1. The summed E-state index contributed by atoms with van der Waals surface area (Å²) in [5, 5.41) is 0. The van der Waals surface area contributed by atoms with Crippen LogP contribution in [0, 0.1) is 0 Å². The maximum Gasteiger partial charge on any atom is 0.242 e. The summed E-state index contributed by atoms with van der Waals surface area (Å²) in [6, 6.07) is 4.90. The molecule has 0 aromatic heterocycles. The summed E-state index contributed by atoms with van der Waals surface area (Å²) in [7, 11) is 1.12. The monoisotopic (exact) mass is 258 g/mol. The van der Waals surface area contributed by atoms with Gasteiger partial charge in [-0.3, -0.25) is 0 Å². The Bertz CT molecular complexity index is 483. The lowest BCUT2D eigenvalue weighted by Crippen LogP contribution is -2.24. The van der Waals surface area contributed by atoms with E-state index in [9.17, 15) is 8.42 Å². The molecule has 1 aromatic carbocycles. The van der Waals surface area contributed by atoms with Crippen LogP contribution in [0.4, 0.5) is 0 Å². The molecule has 1 rings (SSSR count). The SMILES string of the molecule is COc1ccc(S(=O)(=O)N(C)C)c(CCN)c1. The minimum atomic E-state index is -3.43. The molecule has 6 heteroatoms. The van der Waals surface area contributed by atoms with E-state index >= 15 is 0 Å². The third-order valence-corrected chi connectivity index (χ3v) is 4.36. The Balaban J connectivity index is 3.33. The van der Waals surface area contributed by atoms with Crippen molar-refractivity contribution in [1.29, 1.82) is 0 Å². The molecule has 0 saturated heterocycles. The fourth-order valence-electron chi connectivity index (χ4n) is 1.48. The summed E-state index contributed by atoms with van der Waals surface area (Å²) >= 11 is 0. The zero-order valence-corrected chi connectivity index (χ0v) is 11.1. The number of ether oxygens (including phenoxy) is 1. The van der Waals surface area contributed by atoms with E-state index in [0.717, 1.165) is 0 Å². The van der Waals surface area contributed by atoms with E-state index in [1.165, 1.54) is 18.4 Å². The van der Waals surface area contributed by atoms with Crippen molar-refractivity contribution in [3.05, 3.63) is 23.8 Å². The molecule has 0 unspecified atom stereocenters. The van der Waals surface area contributed by atoms with Crippen LogP contribution in [0.25, 0.3) is 0 Å². The van der Waals surface area contributed by atoms with Gasteiger partial charge in [0.05, 0.1) is 12.0 Å². The van der Waals surface area contributed by atoms with E-state index in [0.29, 0.717) is 24.3 Å². The molecule has 0 aliphatic carbocycles. The van der Waals surface area contributed by atoms with Crippen molar-refractivity contribution in [3.63, 3.8) is 0 Å². The number of rotatable bonds is 5. The molecule has 0 saturated carbocycles. The molecule has 0 aliphatic heterocycles. The maximum atomic E-state index is 12.1. The van der Waals surface area contributed by atoms with Gasteiger partial charge in [-0.25, -0.2) is 12.7 Å². The molecule has 96 valence electrons. The number of hydrogen-bond donors (Lipinski definition) is 1. The van der Waals surface area contributed by atoms with Crippen LogP contribution in [0.2, 0.25) is 0 Å². The van der Waals surface area contributed by atoms with Gasteiger partial charge in [-0.05, 0) is 36.7 Å². The first kappa shape index (κ1) is 14.0. The average molecular weight is 258 g/mol. The fraction of sp³-hybridized carbons (Fsp3) is 0.455. The molecule has 0 bridgehead atoms. The highest BCUT2D eigenvalue weighted by Crippen LogP contribution is 2.23. The lowest BCUT2D eigenvalue weighted by molar-refractivity contribution is 0.413. The third kappa shape index (κ3) is 2.96. The van der Waals surface area contributed by atoms with E-state index < -0.39 is 10.0 Å². The molecule has 1 aromatic rings. The first-order valence-corrected chi connectivity index (χ1v) is 6.67. The lowest BCUT2D eigenvalue weighted by atomic mass is 10.1. The van der Waals surface area contributed by atoms with E-state index in [1.54, 1.807) is 25.3 Å². The first-order valence-electron chi connectivity index (χ1n) is 5.23. The zero-order chi connectivity index (χ0) is 13.1. The molecule has 0 aliphatic rings. The third-order valence-electron chi connectivity index (χ3n) is 2.44. The number of methoxy groups -OCH3 is 1. The number of benzene rings is 1. The predicted octanol–water partition coefficient (Wildman–Crippen LogP) is 0.447. The largest absolute Gasteiger partial charge is 0.497 e. The second-order valence-electron chi connectivity index (χ2n) is 3.80. The van der Waals surface area contributed by atoms with Gasteiger partial charge in [-0.15, -0.1) is 0 Å². The maximum absolute atomic E-state index is 12.1. The highest BCUT2D eigenvalue weighted by atomic mass is 32.2. The molecule has 0 atom stereocenters. The second kappa shape index (κ2) is 5.48. The van der Waals surface area contributed by atoms with Crippen LogP contribution >= 0.6 is 0 Å². The molecule has 0 spiro atoms. The van der Waals surface area contributed by atoms with Gasteiger partial charge >= 0.3 is 0 Å². The van der Waals surface area contributed by atoms with Crippen molar-refractivity contribution in [3.8, 4) is 5.75 Å². The summed E-state index contributed by atoms with van der Waals surface area (Å²) < 4.78 is 30.4. The van der Waals surface area contributed by atoms with Crippen molar-refractivity contribution in [2.45, 2.75) is 11.3 Å². The average Bonchev–Trinajstić information content (AvgIpc) is 2.28. The van der Waals surface area contributed by atoms with Gasteiger partial charge in [-0.1, -0.05) is 0 Å². The normalized spacial score (nSPS) is 11.8. The number of sulfonamides is 1. The Morgan fingerprint density at radius 2 is 2.00 bits per heavy atom. The van der Waals surface area contributed by atoms with Gasteiger partial charge in [0.25, 0.3) is 0 Å². The van der Waals surface area contributed by atoms with Gasteiger partial charge in [-0.2, -0.15) is 0 Å². The summed E-state index contributed by atoms with van der Waals surface area (Å²) in [6.45, 7) is 0.392. The highest BCUT2D eigenvalue weighted by Gasteiger charge is 2.21. The van der Waals surface area contributed by atoms with Crippen LogP contribution in [-0.4, -0.2) is 40.5 Å². The minimum Gasteiger partial charge on any atom is -0.497 e. The zero-order valence-electron chi connectivity index (χ0n) is 10.3. The van der Waals surface area contributed by atoms with Crippen molar-refractivity contribution >= 4 is 10.0 Å². The Morgan fingerprint density at radius 3 is 2.47 bits per heavy atom. The van der Waals surface area contributed by atoms with E-state index in [1.807, 2.05) is 0 Å². The Hall–Kier alpha value is -1.11. The van der Waals surface area contributed by atoms with Crippen molar-refractivity contribution in [1.82, 2.24) is 4.31 Å². The van der Waals surface area contributed by atoms with Crippen LogP contribution in [-0.2, 0) is 16.4 Å². The van der Waals surface area contributed by atoms with Gasteiger partial charge < -0.3 is 10.5 Å². The van der Waals surface area contributed by atoms with Crippen LogP contribution in [0.5, 0.6) is 5.75 Å². The summed E-state index contributed by atoms with van der Waals surface area (Å²) in [4.78, 5) is 0.286.